The Morgan fingerprint density at radius 2 is 1.58 bits per heavy atom. The summed E-state index contributed by atoms with van der Waals surface area (Å²) in [5.74, 6) is 0.541. The van der Waals surface area contributed by atoms with Crippen LogP contribution in [0.15, 0.2) is 36.7 Å². The van der Waals surface area contributed by atoms with Gasteiger partial charge in [-0.05, 0) is 18.2 Å². The van der Waals surface area contributed by atoms with E-state index in [0.29, 0.717) is 28.4 Å². The third-order valence-electron chi connectivity index (χ3n) is 3.51. The van der Waals surface area contributed by atoms with Crippen molar-refractivity contribution in [2.24, 2.45) is 0 Å². The molecule has 0 radical (unpaired) electrons. The number of rotatable bonds is 8. The van der Waals surface area contributed by atoms with Crippen molar-refractivity contribution in [3.8, 4) is 17.2 Å². The summed E-state index contributed by atoms with van der Waals surface area (Å²) in [5.41, 5.74) is 1.02. The normalized spacial score (nSPS) is 9.96. The van der Waals surface area contributed by atoms with E-state index in [0.717, 1.165) is 0 Å². The number of aromatic nitrogens is 1. The van der Waals surface area contributed by atoms with Gasteiger partial charge in [-0.3, -0.25) is 9.78 Å². The molecular formula is C18H20N2O6. The number of nitrogens with zero attached hydrogens (tertiary/aromatic N) is 1. The molecule has 2 rings (SSSR count). The quantitative estimate of drug-likeness (QED) is 0.714. The van der Waals surface area contributed by atoms with Crippen LogP contribution in [0, 0.1) is 0 Å². The number of ether oxygens (including phenoxy) is 4. The molecule has 1 N–H and O–H groups in total. The minimum Gasteiger partial charge on any atom is -0.496 e. The van der Waals surface area contributed by atoms with Crippen LogP contribution >= 0.6 is 0 Å². The van der Waals surface area contributed by atoms with Gasteiger partial charge in [0.05, 0.1) is 26.9 Å². The summed E-state index contributed by atoms with van der Waals surface area (Å²) < 4.78 is 20.7. The Kier molecular flexibility index (Phi) is 6.78. The maximum Gasteiger partial charge on any atom is 0.338 e. The molecule has 0 unspecified atom stereocenters. The van der Waals surface area contributed by atoms with Crippen LogP contribution in [0.3, 0.4) is 0 Å². The average Bonchev–Trinajstić information content (AvgIpc) is 2.70. The number of carbonyl (C=O) groups excluding carboxylic acids is 2. The maximum absolute atomic E-state index is 11.9. The highest BCUT2D eigenvalue weighted by molar-refractivity contribution is 5.91. The summed E-state index contributed by atoms with van der Waals surface area (Å²) in [7, 11) is 4.56. The van der Waals surface area contributed by atoms with Gasteiger partial charge in [0.15, 0.2) is 18.1 Å². The van der Waals surface area contributed by atoms with Gasteiger partial charge in [-0.25, -0.2) is 4.79 Å². The summed E-state index contributed by atoms with van der Waals surface area (Å²) in [4.78, 5) is 27.5. The number of benzene rings is 1. The molecule has 0 atom stereocenters. The molecular weight excluding hydrogens is 340 g/mol. The second-order valence-electron chi connectivity index (χ2n) is 5.11. The maximum atomic E-state index is 11.9. The lowest BCUT2D eigenvalue weighted by Crippen LogP contribution is -2.28. The van der Waals surface area contributed by atoms with E-state index in [1.165, 1.54) is 45.9 Å². The molecule has 0 aliphatic carbocycles. The van der Waals surface area contributed by atoms with E-state index in [4.69, 9.17) is 18.9 Å². The van der Waals surface area contributed by atoms with Crippen molar-refractivity contribution in [1.82, 2.24) is 10.3 Å². The van der Waals surface area contributed by atoms with Crippen molar-refractivity contribution in [2.45, 2.75) is 6.54 Å². The molecule has 0 aliphatic rings. The monoisotopic (exact) mass is 360 g/mol. The first-order valence-corrected chi connectivity index (χ1v) is 7.71. The van der Waals surface area contributed by atoms with Gasteiger partial charge < -0.3 is 24.3 Å². The Balaban J connectivity index is 1.93. The molecule has 8 heteroatoms. The lowest BCUT2D eigenvalue weighted by molar-refractivity contribution is -0.124. The number of amides is 1. The topological polar surface area (TPSA) is 96.0 Å². The smallest absolute Gasteiger partial charge is 0.338 e. The van der Waals surface area contributed by atoms with E-state index in [-0.39, 0.29) is 6.54 Å². The van der Waals surface area contributed by atoms with Crippen LogP contribution < -0.4 is 19.5 Å². The van der Waals surface area contributed by atoms with Gasteiger partial charge in [0.1, 0.15) is 5.75 Å². The third-order valence-corrected chi connectivity index (χ3v) is 3.51. The zero-order valence-corrected chi connectivity index (χ0v) is 14.8. The Hall–Kier alpha value is -3.29. The minimum atomic E-state index is -0.591. The van der Waals surface area contributed by atoms with Crippen LogP contribution in [-0.2, 0) is 16.1 Å². The number of hydrogen-bond acceptors (Lipinski definition) is 7. The van der Waals surface area contributed by atoms with Crippen molar-refractivity contribution in [2.75, 3.05) is 27.9 Å². The summed E-state index contributed by atoms with van der Waals surface area (Å²) in [5, 5.41) is 2.66. The van der Waals surface area contributed by atoms with Gasteiger partial charge in [-0.15, -0.1) is 0 Å². The van der Waals surface area contributed by atoms with Crippen LogP contribution in [-0.4, -0.2) is 44.8 Å². The van der Waals surface area contributed by atoms with E-state index in [9.17, 15) is 9.59 Å². The van der Waals surface area contributed by atoms with Crippen molar-refractivity contribution in [3.63, 3.8) is 0 Å². The first-order valence-electron chi connectivity index (χ1n) is 7.71. The SMILES string of the molecule is COc1cc(OC)c(OC)cc1CNC(=O)COC(=O)c1ccncc1. The Morgan fingerprint density at radius 3 is 2.19 bits per heavy atom. The molecule has 138 valence electrons. The van der Waals surface area contributed by atoms with Gasteiger partial charge in [0, 0.05) is 30.6 Å². The van der Waals surface area contributed by atoms with E-state index < -0.39 is 18.5 Å². The average molecular weight is 360 g/mol. The number of methoxy groups -OCH3 is 3. The molecule has 1 heterocycles. The van der Waals surface area contributed by atoms with Crippen LogP contribution in [0.2, 0.25) is 0 Å². The molecule has 0 saturated heterocycles. The number of esters is 1. The molecule has 1 amide bonds. The van der Waals surface area contributed by atoms with Gasteiger partial charge in [0.25, 0.3) is 5.91 Å². The molecule has 0 saturated carbocycles. The summed E-state index contributed by atoms with van der Waals surface area (Å²) in [6.07, 6.45) is 2.94. The number of hydrogen-bond donors (Lipinski definition) is 1. The second kappa shape index (κ2) is 9.26. The molecule has 0 bridgehead atoms. The zero-order valence-electron chi connectivity index (χ0n) is 14.8. The lowest BCUT2D eigenvalue weighted by atomic mass is 10.1. The fourth-order valence-electron chi connectivity index (χ4n) is 2.18. The number of pyridine rings is 1. The lowest BCUT2D eigenvalue weighted by Gasteiger charge is -2.14. The van der Waals surface area contributed by atoms with Crippen molar-refractivity contribution < 1.29 is 28.5 Å². The molecule has 1 aromatic carbocycles. The molecule has 0 aliphatic heterocycles. The van der Waals surface area contributed by atoms with E-state index in [1.54, 1.807) is 12.1 Å². The summed E-state index contributed by atoms with van der Waals surface area (Å²) in [6, 6.07) is 6.40. The summed E-state index contributed by atoms with van der Waals surface area (Å²) in [6.45, 7) is -0.216. The van der Waals surface area contributed by atoms with Crippen LogP contribution in [0.5, 0.6) is 17.2 Å². The third kappa shape index (κ3) is 4.85. The van der Waals surface area contributed by atoms with Gasteiger partial charge in [-0.2, -0.15) is 0 Å². The molecule has 26 heavy (non-hydrogen) atoms. The predicted molar refractivity (Wildman–Crippen MR) is 92.5 cm³/mol. The first-order chi connectivity index (χ1) is 12.6. The molecule has 8 nitrogen and oxygen atoms in total. The fraction of sp³-hybridized carbons (Fsp3) is 0.278. The first kappa shape index (κ1) is 19.0. The van der Waals surface area contributed by atoms with Crippen molar-refractivity contribution in [3.05, 3.63) is 47.8 Å². The van der Waals surface area contributed by atoms with E-state index >= 15 is 0 Å². The number of nitrogens with one attached hydrogen (secondary N) is 1. The molecule has 1 aromatic heterocycles. The zero-order chi connectivity index (χ0) is 18.9. The number of carbonyl (C=O) groups is 2. The van der Waals surface area contributed by atoms with Crippen molar-refractivity contribution in [1.29, 1.82) is 0 Å². The second-order valence-corrected chi connectivity index (χ2v) is 5.11. The molecule has 0 spiro atoms. The molecule has 0 fully saturated rings. The summed E-state index contributed by atoms with van der Waals surface area (Å²) >= 11 is 0. The highest BCUT2D eigenvalue weighted by atomic mass is 16.5. The molecule has 2 aromatic rings. The standard InChI is InChI=1S/C18H20N2O6/c1-23-14-9-16(25-3)15(24-2)8-13(14)10-20-17(21)11-26-18(22)12-4-6-19-7-5-12/h4-9H,10-11H2,1-3H3,(H,20,21). The fourth-order valence-corrected chi connectivity index (χ4v) is 2.18. The van der Waals surface area contributed by atoms with Gasteiger partial charge in [-0.1, -0.05) is 0 Å². The van der Waals surface area contributed by atoms with Gasteiger partial charge in [0.2, 0.25) is 0 Å². The Morgan fingerprint density at radius 1 is 0.962 bits per heavy atom. The Labute approximate surface area is 151 Å². The Bertz CT molecular complexity index is 764. The highest BCUT2D eigenvalue weighted by Gasteiger charge is 2.14. The van der Waals surface area contributed by atoms with E-state index in [2.05, 4.69) is 10.3 Å². The van der Waals surface area contributed by atoms with Gasteiger partial charge >= 0.3 is 5.97 Å². The van der Waals surface area contributed by atoms with Crippen LogP contribution in [0.4, 0.5) is 0 Å². The van der Waals surface area contributed by atoms with Crippen molar-refractivity contribution >= 4 is 11.9 Å². The minimum absolute atomic E-state index is 0.176. The van der Waals surface area contributed by atoms with Crippen LogP contribution in [0.25, 0.3) is 0 Å². The predicted octanol–water partition coefficient (Wildman–Crippen LogP) is 1.58. The highest BCUT2D eigenvalue weighted by Crippen LogP contribution is 2.34. The van der Waals surface area contributed by atoms with Crippen LogP contribution in [0.1, 0.15) is 15.9 Å². The van der Waals surface area contributed by atoms with E-state index in [1.807, 2.05) is 0 Å². The largest absolute Gasteiger partial charge is 0.496 e.